The summed E-state index contributed by atoms with van der Waals surface area (Å²) in [4.78, 5) is -0.239. The molecule has 1 aromatic rings. The third-order valence-corrected chi connectivity index (χ3v) is 3.21. The van der Waals surface area contributed by atoms with E-state index in [-0.39, 0.29) is 4.90 Å². The molecule has 0 spiro atoms. The molecule has 0 saturated heterocycles. The lowest BCUT2D eigenvalue weighted by atomic mass is 10.1. The van der Waals surface area contributed by atoms with Crippen molar-refractivity contribution in [2.24, 2.45) is 5.73 Å². The molecule has 5 heteroatoms. The largest absolute Gasteiger partial charge is 0.330 e. The van der Waals surface area contributed by atoms with Gasteiger partial charge in [-0.1, -0.05) is 12.1 Å². The maximum Gasteiger partial charge on any atom is 0.178 e. The van der Waals surface area contributed by atoms with Gasteiger partial charge >= 0.3 is 0 Å². The predicted molar refractivity (Wildman–Crippen MR) is 56.9 cm³/mol. The molecule has 2 N–H and O–H groups in total. The van der Waals surface area contributed by atoms with Crippen molar-refractivity contribution >= 4 is 9.84 Å². The first-order chi connectivity index (χ1) is 6.96. The lowest BCUT2D eigenvalue weighted by Gasteiger charge is -2.06. The highest BCUT2D eigenvalue weighted by atomic mass is 32.2. The first-order valence-electron chi connectivity index (χ1n) is 4.64. The van der Waals surface area contributed by atoms with E-state index in [1.165, 1.54) is 6.07 Å². The zero-order valence-corrected chi connectivity index (χ0v) is 9.35. The van der Waals surface area contributed by atoms with Gasteiger partial charge in [0, 0.05) is 6.26 Å². The third-order valence-electron chi connectivity index (χ3n) is 2.09. The van der Waals surface area contributed by atoms with E-state index in [9.17, 15) is 12.8 Å². The van der Waals surface area contributed by atoms with E-state index in [2.05, 4.69) is 0 Å². The summed E-state index contributed by atoms with van der Waals surface area (Å²) >= 11 is 0. The molecule has 0 heterocycles. The molecule has 0 aliphatic rings. The van der Waals surface area contributed by atoms with Gasteiger partial charge in [-0.05, 0) is 31.0 Å². The van der Waals surface area contributed by atoms with Crippen molar-refractivity contribution in [3.8, 4) is 0 Å². The Bertz CT molecular complexity index is 443. The molecule has 0 saturated carbocycles. The fourth-order valence-electron chi connectivity index (χ4n) is 1.33. The van der Waals surface area contributed by atoms with Gasteiger partial charge in [-0.15, -0.1) is 0 Å². The minimum absolute atomic E-state index is 0.239. The van der Waals surface area contributed by atoms with Crippen LogP contribution in [0, 0.1) is 5.82 Å². The monoisotopic (exact) mass is 231 g/mol. The fraction of sp³-hybridized carbons (Fsp3) is 0.400. The van der Waals surface area contributed by atoms with Crippen LogP contribution in [0.4, 0.5) is 4.39 Å². The normalized spacial score (nSPS) is 11.7. The van der Waals surface area contributed by atoms with Crippen molar-refractivity contribution < 1.29 is 12.8 Å². The lowest BCUT2D eigenvalue weighted by Crippen LogP contribution is -2.06. The summed E-state index contributed by atoms with van der Waals surface area (Å²) < 4.78 is 36.1. The molecule has 0 bridgehead atoms. The number of aryl methyl sites for hydroxylation is 1. The zero-order chi connectivity index (χ0) is 11.5. The predicted octanol–water partition coefficient (Wildman–Crippen LogP) is 1.12. The van der Waals surface area contributed by atoms with Crippen molar-refractivity contribution in [2.75, 3.05) is 12.8 Å². The Hall–Kier alpha value is -0.940. The standard InChI is InChI=1S/C10H14FNO2S/c1-15(13,14)9-6-2-4-8(10(9)11)5-3-7-12/h2,4,6H,3,5,7,12H2,1H3. The number of halogens is 1. The Balaban J connectivity index is 3.12. The van der Waals surface area contributed by atoms with Crippen LogP contribution in [-0.2, 0) is 16.3 Å². The van der Waals surface area contributed by atoms with Crippen molar-refractivity contribution in [3.63, 3.8) is 0 Å². The van der Waals surface area contributed by atoms with Gasteiger partial charge in [-0.3, -0.25) is 0 Å². The van der Waals surface area contributed by atoms with Gasteiger partial charge in [0.05, 0.1) is 0 Å². The second-order valence-corrected chi connectivity index (χ2v) is 5.38. The van der Waals surface area contributed by atoms with Crippen LogP contribution in [0.2, 0.25) is 0 Å². The van der Waals surface area contributed by atoms with Crippen LogP contribution in [-0.4, -0.2) is 21.2 Å². The summed E-state index contributed by atoms with van der Waals surface area (Å²) in [6.07, 6.45) is 2.11. The maximum absolute atomic E-state index is 13.7. The number of benzene rings is 1. The first-order valence-corrected chi connectivity index (χ1v) is 6.53. The first kappa shape index (κ1) is 12.1. The van der Waals surface area contributed by atoms with E-state index in [1.54, 1.807) is 12.1 Å². The van der Waals surface area contributed by atoms with Gasteiger partial charge in [0.1, 0.15) is 10.7 Å². The van der Waals surface area contributed by atoms with Gasteiger partial charge < -0.3 is 5.73 Å². The molecular formula is C10H14FNO2S. The van der Waals surface area contributed by atoms with Gasteiger partial charge in [0.15, 0.2) is 9.84 Å². The molecule has 1 aromatic carbocycles. The number of hydrogen-bond acceptors (Lipinski definition) is 3. The van der Waals surface area contributed by atoms with Gasteiger partial charge in [0.2, 0.25) is 0 Å². The average molecular weight is 231 g/mol. The van der Waals surface area contributed by atoms with E-state index in [4.69, 9.17) is 5.73 Å². The lowest BCUT2D eigenvalue weighted by molar-refractivity contribution is 0.558. The molecule has 3 nitrogen and oxygen atoms in total. The van der Waals surface area contributed by atoms with Crippen LogP contribution in [0.15, 0.2) is 23.1 Å². The maximum atomic E-state index is 13.7. The highest BCUT2D eigenvalue weighted by molar-refractivity contribution is 7.90. The van der Waals surface area contributed by atoms with Gasteiger partial charge in [0.25, 0.3) is 0 Å². The molecule has 0 fully saturated rings. The quantitative estimate of drug-likeness (QED) is 0.844. The minimum atomic E-state index is -3.49. The van der Waals surface area contributed by atoms with Crippen molar-refractivity contribution in [3.05, 3.63) is 29.6 Å². The summed E-state index contributed by atoms with van der Waals surface area (Å²) in [5, 5.41) is 0. The number of hydrogen-bond donors (Lipinski definition) is 1. The van der Waals surface area contributed by atoms with Gasteiger partial charge in [-0.2, -0.15) is 0 Å². The van der Waals surface area contributed by atoms with Crippen LogP contribution in [0.5, 0.6) is 0 Å². The van der Waals surface area contributed by atoms with Gasteiger partial charge in [-0.25, -0.2) is 12.8 Å². The fourth-order valence-corrected chi connectivity index (χ4v) is 2.11. The molecular weight excluding hydrogens is 217 g/mol. The van der Waals surface area contributed by atoms with Crippen LogP contribution in [0.25, 0.3) is 0 Å². The smallest absolute Gasteiger partial charge is 0.178 e. The summed E-state index contributed by atoms with van der Waals surface area (Å²) in [5.74, 6) is -0.645. The summed E-state index contributed by atoms with van der Waals surface area (Å²) in [6, 6.07) is 4.40. The molecule has 0 aromatic heterocycles. The van der Waals surface area contributed by atoms with Crippen molar-refractivity contribution in [1.29, 1.82) is 0 Å². The van der Waals surface area contributed by atoms with Crippen LogP contribution in [0.1, 0.15) is 12.0 Å². The van der Waals surface area contributed by atoms with Crippen LogP contribution >= 0.6 is 0 Å². The number of rotatable bonds is 4. The summed E-state index contributed by atoms with van der Waals surface area (Å²) in [7, 11) is -3.49. The molecule has 84 valence electrons. The minimum Gasteiger partial charge on any atom is -0.330 e. The molecule has 0 unspecified atom stereocenters. The highest BCUT2D eigenvalue weighted by Gasteiger charge is 2.15. The molecule has 0 radical (unpaired) electrons. The highest BCUT2D eigenvalue weighted by Crippen LogP contribution is 2.18. The number of nitrogens with two attached hydrogens (primary N) is 1. The molecule has 0 aliphatic heterocycles. The molecule has 15 heavy (non-hydrogen) atoms. The Morgan fingerprint density at radius 1 is 1.40 bits per heavy atom. The second kappa shape index (κ2) is 4.72. The van der Waals surface area contributed by atoms with E-state index < -0.39 is 15.7 Å². The average Bonchev–Trinajstić information content (AvgIpc) is 2.14. The number of sulfone groups is 1. The Labute approximate surface area is 89.0 Å². The van der Waals surface area contributed by atoms with Crippen LogP contribution in [0.3, 0.4) is 0 Å². The zero-order valence-electron chi connectivity index (χ0n) is 8.53. The molecule has 0 atom stereocenters. The molecule has 0 amide bonds. The summed E-state index contributed by atoms with van der Waals surface area (Å²) in [5.41, 5.74) is 5.72. The van der Waals surface area contributed by atoms with Crippen molar-refractivity contribution in [2.45, 2.75) is 17.7 Å². The summed E-state index contributed by atoms with van der Waals surface area (Å²) in [6.45, 7) is 0.461. The second-order valence-electron chi connectivity index (χ2n) is 3.39. The Morgan fingerprint density at radius 2 is 2.07 bits per heavy atom. The van der Waals surface area contributed by atoms with E-state index in [1.807, 2.05) is 0 Å². The Morgan fingerprint density at radius 3 is 2.60 bits per heavy atom. The van der Waals surface area contributed by atoms with E-state index >= 15 is 0 Å². The molecule has 1 rings (SSSR count). The third kappa shape index (κ3) is 3.00. The SMILES string of the molecule is CS(=O)(=O)c1cccc(CCCN)c1F. The van der Waals surface area contributed by atoms with E-state index in [0.717, 1.165) is 6.26 Å². The molecule has 0 aliphatic carbocycles. The van der Waals surface area contributed by atoms with E-state index in [0.29, 0.717) is 24.9 Å². The van der Waals surface area contributed by atoms with Crippen LogP contribution < -0.4 is 5.73 Å². The Kier molecular flexibility index (Phi) is 3.82. The van der Waals surface area contributed by atoms with Crippen molar-refractivity contribution in [1.82, 2.24) is 0 Å². The topological polar surface area (TPSA) is 60.2 Å².